The van der Waals surface area contributed by atoms with Gasteiger partial charge in [0.05, 0.1) is 37.1 Å². The monoisotopic (exact) mass is 671 g/mol. The second-order valence-corrected chi connectivity index (χ2v) is 11.8. The molecule has 5 rings (SSSR count). The van der Waals surface area contributed by atoms with Gasteiger partial charge in [-0.3, -0.25) is 9.59 Å². The summed E-state index contributed by atoms with van der Waals surface area (Å²) in [5.41, 5.74) is 3.46. The molecule has 1 amide bonds. The van der Waals surface area contributed by atoms with E-state index in [0.29, 0.717) is 70.3 Å². The number of imidazole rings is 1. The molecule has 0 saturated heterocycles. The SMILES string of the molecule is COC(=O)Cc1ccc2c(c1)N[C@@H](C(=O)OC(C)C)CCCC[C@H](NC(=O)/C=C/c1cc(Cl)ccc1-n1cnnn1)c1nc(C#N)c-2[nH]1. The van der Waals surface area contributed by atoms with Crippen molar-refractivity contribution in [3.63, 3.8) is 0 Å². The third-order valence-electron chi connectivity index (χ3n) is 7.61. The number of fused-ring (bicyclic) bond motifs is 4. The first-order valence-corrected chi connectivity index (χ1v) is 15.7. The number of rotatable bonds is 8. The van der Waals surface area contributed by atoms with Crippen LogP contribution in [0.15, 0.2) is 48.8 Å². The predicted molar refractivity (Wildman–Crippen MR) is 176 cm³/mol. The lowest BCUT2D eigenvalue weighted by Crippen LogP contribution is -2.33. The van der Waals surface area contributed by atoms with E-state index in [0.717, 1.165) is 0 Å². The number of anilines is 1. The molecule has 14 nitrogen and oxygen atoms in total. The van der Waals surface area contributed by atoms with E-state index in [4.69, 9.17) is 21.1 Å². The minimum absolute atomic E-state index is 0.0138. The maximum absolute atomic E-state index is 13.3. The van der Waals surface area contributed by atoms with Gasteiger partial charge in [0.2, 0.25) is 5.91 Å². The molecule has 0 spiro atoms. The summed E-state index contributed by atoms with van der Waals surface area (Å²) in [6.07, 6.45) is 6.26. The maximum Gasteiger partial charge on any atom is 0.328 e. The predicted octanol–water partition coefficient (Wildman–Crippen LogP) is 4.47. The van der Waals surface area contributed by atoms with Crippen LogP contribution >= 0.6 is 11.6 Å². The van der Waals surface area contributed by atoms with Gasteiger partial charge in [0.25, 0.3) is 0 Å². The van der Waals surface area contributed by atoms with Crippen molar-refractivity contribution in [2.45, 2.75) is 64.1 Å². The van der Waals surface area contributed by atoms with E-state index in [9.17, 15) is 19.6 Å². The fraction of sp³-hybridized carbons (Fsp3) is 0.333. The zero-order chi connectivity index (χ0) is 34.2. The lowest BCUT2D eigenvalue weighted by molar-refractivity contribution is -0.148. The van der Waals surface area contributed by atoms with Gasteiger partial charge < -0.3 is 25.1 Å². The Balaban J connectivity index is 1.48. The van der Waals surface area contributed by atoms with Crippen LogP contribution in [0.25, 0.3) is 23.0 Å². The molecule has 2 atom stereocenters. The summed E-state index contributed by atoms with van der Waals surface area (Å²) in [5, 5.41) is 28.2. The fourth-order valence-corrected chi connectivity index (χ4v) is 5.54. The van der Waals surface area contributed by atoms with Gasteiger partial charge in [-0.15, -0.1) is 5.10 Å². The quantitative estimate of drug-likeness (QED) is 0.177. The van der Waals surface area contributed by atoms with Crippen molar-refractivity contribution >= 4 is 41.2 Å². The Morgan fingerprint density at radius 3 is 2.73 bits per heavy atom. The number of ether oxygens (including phenoxy) is 2. The minimum Gasteiger partial charge on any atom is -0.469 e. The molecule has 48 heavy (non-hydrogen) atoms. The van der Waals surface area contributed by atoms with E-state index in [-0.39, 0.29) is 18.2 Å². The van der Waals surface area contributed by atoms with Crippen LogP contribution in [0.2, 0.25) is 5.02 Å². The van der Waals surface area contributed by atoms with E-state index in [1.54, 1.807) is 56.3 Å². The van der Waals surface area contributed by atoms with Crippen molar-refractivity contribution in [2.75, 3.05) is 12.4 Å². The first-order valence-electron chi connectivity index (χ1n) is 15.3. The van der Waals surface area contributed by atoms with Crippen LogP contribution in [-0.2, 0) is 30.3 Å². The number of carbonyl (C=O) groups is 3. The van der Waals surface area contributed by atoms with Crippen molar-refractivity contribution in [3.8, 4) is 23.0 Å². The molecule has 4 aromatic rings. The summed E-state index contributed by atoms with van der Waals surface area (Å²) < 4.78 is 11.9. The Kier molecular flexibility index (Phi) is 10.8. The van der Waals surface area contributed by atoms with Gasteiger partial charge in [0, 0.05) is 27.9 Å². The molecule has 0 aliphatic carbocycles. The smallest absolute Gasteiger partial charge is 0.328 e. The molecule has 0 unspecified atom stereocenters. The zero-order valence-electron chi connectivity index (χ0n) is 26.6. The molecule has 0 radical (unpaired) electrons. The number of hydrogen-bond donors (Lipinski definition) is 3. The Hall–Kier alpha value is -5.55. The van der Waals surface area contributed by atoms with Crippen LogP contribution in [0, 0.1) is 11.3 Å². The number of carbonyl (C=O) groups excluding carboxylic acids is 3. The van der Waals surface area contributed by atoms with E-state index < -0.39 is 29.9 Å². The summed E-state index contributed by atoms with van der Waals surface area (Å²) in [6.45, 7) is 3.56. The third kappa shape index (κ3) is 8.23. The Morgan fingerprint density at radius 1 is 1.19 bits per heavy atom. The van der Waals surface area contributed by atoms with Crippen LogP contribution in [-0.4, -0.2) is 67.3 Å². The summed E-state index contributed by atoms with van der Waals surface area (Å²) >= 11 is 6.23. The Labute approximate surface area is 281 Å². The number of methoxy groups -OCH3 is 1. The first-order chi connectivity index (χ1) is 23.1. The van der Waals surface area contributed by atoms with Crippen molar-refractivity contribution < 1.29 is 23.9 Å². The number of amides is 1. The van der Waals surface area contributed by atoms with Gasteiger partial charge in [-0.25, -0.2) is 9.78 Å². The molecule has 0 fully saturated rings. The van der Waals surface area contributed by atoms with E-state index in [1.165, 1.54) is 24.2 Å². The highest BCUT2D eigenvalue weighted by molar-refractivity contribution is 6.30. The van der Waals surface area contributed by atoms with E-state index >= 15 is 0 Å². The number of aromatic amines is 1. The number of nitriles is 1. The number of H-pyrrole nitrogens is 1. The number of nitrogens with one attached hydrogen (secondary N) is 3. The van der Waals surface area contributed by atoms with Crippen molar-refractivity contribution in [1.29, 1.82) is 5.26 Å². The lowest BCUT2D eigenvalue weighted by atomic mass is 10.00. The second kappa shape index (κ2) is 15.4. The molecule has 15 heteroatoms. The Morgan fingerprint density at radius 2 is 2.00 bits per heavy atom. The average molecular weight is 672 g/mol. The van der Waals surface area contributed by atoms with E-state index in [1.807, 2.05) is 0 Å². The zero-order valence-corrected chi connectivity index (χ0v) is 27.3. The second-order valence-electron chi connectivity index (χ2n) is 11.4. The highest BCUT2D eigenvalue weighted by Crippen LogP contribution is 2.34. The largest absolute Gasteiger partial charge is 0.469 e. The number of nitrogens with zero attached hydrogens (tertiary/aromatic N) is 6. The third-order valence-corrected chi connectivity index (χ3v) is 7.84. The molecule has 0 saturated carbocycles. The molecular weight excluding hydrogens is 638 g/mol. The molecule has 248 valence electrons. The van der Waals surface area contributed by atoms with Gasteiger partial charge in [-0.05, 0) is 73.0 Å². The molecule has 2 bridgehead atoms. The molecular formula is C33H34ClN9O5. The number of halogens is 1. The topological polar surface area (TPSA) is 190 Å². The summed E-state index contributed by atoms with van der Waals surface area (Å²) in [4.78, 5) is 46.4. The van der Waals surface area contributed by atoms with Crippen molar-refractivity contribution in [2.24, 2.45) is 0 Å². The normalized spacial score (nSPS) is 16.2. The van der Waals surface area contributed by atoms with Crippen LogP contribution in [0.3, 0.4) is 0 Å². The number of esters is 2. The van der Waals surface area contributed by atoms with Crippen LogP contribution in [0.1, 0.15) is 68.2 Å². The molecule has 2 aromatic heterocycles. The first kappa shape index (κ1) is 33.8. The lowest BCUT2D eigenvalue weighted by Gasteiger charge is -2.23. The Bertz CT molecular complexity index is 1860. The highest BCUT2D eigenvalue weighted by atomic mass is 35.5. The minimum atomic E-state index is -0.713. The summed E-state index contributed by atoms with van der Waals surface area (Å²) in [6, 6.07) is 11.2. The summed E-state index contributed by atoms with van der Waals surface area (Å²) in [5.74, 6) is -0.843. The van der Waals surface area contributed by atoms with Gasteiger partial charge in [0.15, 0.2) is 5.69 Å². The van der Waals surface area contributed by atoms with Crippen molar-refractivity contribution in [3.05, 3.63) is 76.5 Å². The summed E-state index contributed by atoms with van der Waals surface area (Å²) in [7, 11) is 1.31. The highest BCUT2D eigenvalue weighted by Gasteiger charge is 2.27. The van der Waals surface area contributed by atoms with Crippen LogP contribution in [0.4, 0.5) is 5.69 Å². The van der Waals surface area contributed by atoms with Crippen molar-refractivity contribution in [1.82, 2.24) is 35.5 Å². The number of aromatic nitrogens is 6. The average Bonchev–Trinajstić information content (AvgIpc) is 3.75. The van der Waals surface area contributed by atoms with Gasteiger partial charge in [-0.1, -0.05) is 36.6 Å². The number of benzene rings is 2. The van der Waals surface area contributed by atoms with Gasteiger partial charge in [-0.2, -0.15) is 9.94 Å². The van der Waals surface area contributed by atoms with Crippen LogP contribution in [0.5, 0.6) is 0 Å². The molecule has 2 aromatic carbocycles. The molecule has 1 aliphatic rings. The molecule has 3 N–H and O–H groups in total. The molecule has 3 heterocycles. The standard InChI is InChI=1S/C33H34ClN9O5/c1-19(2)48-33(46)25-7-5-4-6-24(38-29(44)13-9-21-16-22(34)10-12-28(21)43-18-36-41-42-43)32-39-27(17-35)31(40-32)23-11-8-20(14-26(23)37-25)15-30(45)47-3/h8-14,16,18-19,24-25,37H,4-7,15H2,1-3H3,(H,38,44)(H,39,40)/b13-9+/t24-,25+/m0/s1. The van der Waals surface area contributed by atoms with E-state index in [2.05, 4.69) is 42.2 Å². The fourth-order valence-electron chi connectivity index (χ4n) is 5.36. The molecule has 1 aliphatic heterocycles. The van der Waals surface area contributed by atoms with Gasteiger partial charge >= 0.3 is 11.9 Å². The number of hydrogen-bond acceptors (Lipinski definition) is 11. The van der Waals surface area contributed by atoms with Crippen LogP contribution < -0.4 is 10.6 Å². The number of tetrazole rings is 1. The van der Waals surface area contributed by atoms with Gasteiger partial charge in [0.1, 0.15) is 24.3 Å². The maximum atomic E-state index is 13.3.